The molecular formula is C15H14FN5O. The Balaban J connectivity index is 1.66. The van der Waals surface area contributed by atoms with E-state index in [4.69, 9.17) is 0 Å². The molecule has 112 valence electrons. The van der Waals surface area contributed by atoms with Gasteiger partial charge < -0.3 is 10.6 Å². The highest BCUT2D eigenvalue weighted by atomic mass is 19.1. The summed E-state index contributed by atoms with van der Waals surface area (Å²) in [6.07, 6.45) is 1.82. The van der Waals surface area contributed by atoms with Crippen LogP contribution in [0.1, 0.15) is 11.4 Å². The van der Waals surface area contributed by atoms with Crippen molar-refractivity contribution in [2.45, 2.75) is 13.5 Å². The number of benzene rings is 1. The number of rotatable bonds is 3. The third-order valence-electron chi connectivity index (χ3n) is 3.24. The van der Waals surface area contributed by atoms with Crippen LogP contribution in [0.5, 0.6) is 0 Å². The molecule has 0 saturated heterocycles. The van der Waals surface area contributed by atoms with Crippen LogP contribution in [0.2, 0.25) is 0 Å². The summed E-state index contributed by atoms with van der Waals surface area (Å²) in [6.45, 7) is 2.01. The van der Waals surface area contributed by atoms with Crippen molar-refractivity contribution in [3.8, 4) is 0 Å². The number of aryl methyl sites for hydroxylation is 1. The molecule has 1 aromatic carbocycles. The third kappa shape index (κ3) is 2.88. The molecule has 3 rings (SSSR count). The molecule has 2 amide bonds. The van der Waals surface area contributed by atoms with Crippen LogP contribution < -0.4 is 10.6 Å². The number of hydrogen-bond acceptors (Lipinski definition) is 3. The largest absolute Gasteiger partial charge is 0.331 e. The van der Waals surface area contributed by atoms with Gasteiger partial charge in [-0.2, -0.15) is 0 Å². The Labute approximate surface area is 126 Å². The molecule has 0 saturated carbocycles. The number of aromatic nitrogens is 3. The van der Waals surface area contributed by atoms with E-state index in [1.807, 2.05) is 24.4 Å². The molecule has 2 N–H and O–H groups in total. The number of halogens is 1. The van der Waals surface area contributed by atoms with Crippen LogP contribution in [0.15, 0.2) is 42.6 Å². The Morgan fingerprint density at radius 3 is 3.00 bits per heavy atom. The standard InChI is InChI=1S/C15H14FN5O/c1-10-5-6-11(16)8-12(10)18-15(22)17-9-14-20-19-13-4-2-3-7-21(13)14/h2-8H,9H2,1H3,(H2,17,18,22). The third-order valence-corrected chi connectivity index (χ3v) is 3.24. The van der Waals surface area contributed by atoms with Crippen LogP contribution in [-0.4, -0.2) is 20.6 Å². The highest BCUT2D eigenvalue weighted by Crippen LogP contribution is 2.15. The van der Waals surface area contributed by atoms with E-state index in [2.05, 4.69) is 20.8 Å². The number of pyridine rings is 1. The van der Waals surface area contributed by atoms with Gasteiger partial charge in [0.15, 0.2) is 11.5 Å². The molecule has 6 nitrogen and oxygen atoms in total. The van der Waals surface area contributed by atoms with Gasteiger partial charge in [0.2, 0.25) is 0 Å². The smallest absolute Gasteiger partial charge is 0.319 e. The molecule has 3 aromatic rings. The first kappa shape index (κ1) is 14.0. The normalized spacial score (nSPS) is 10.6. The van der Waals surface area contributed by atoms with Gasteiger partial charge in [0.25, 0.3) is 0 Å². The highest BCUT2D eigenvalue weighted by molar-refractivity contribution is 5.89. The summed E-state index contributed by atoms with van der Waals surface area (Å²) in [5, 5.41) is 13.3. The summed E-state index contributed by atoms with van der Waals surface area (Å²) in [6, 6.07) is 9.35. The van der Waals surface area contributed by atoms with Crippen LogP contribution in [0.25, 0.3) is 5.65 Å². The molecule has 2 aromatic heterocycles. The maximum atomic E-state index is 13.2. The van der Waals surface area contributed by atoms with Crippen LogP contribution >= 0.6 is 0 Å². The molecule has 0 fully saturated rings. The van der Waals surface area contributed by atoms with E-state index in [0.717, 1.165) is 5.56 Å². The molecule has 0 aliphatic carbocycles. The molecular weight excluding hydrogens is 285 g/mol. The van der Waals surface area contributed by atoms with E-state index in [0.29, 0.717) is 17.2 Å². The van der Waals surface area contributed by atoms with Gasteiger partial charge in [-0.3, -0.25) is 4.40 Å². The Hall–Kier alpha value is -2.96. The van der Waals surface area contributed by atoms with Crippen molar-refractivity contribution in [2.24, 2.45) is 0 Å². The molecule has 0 radical (unpaired) electrons. The van der Waals surface area contributed by atoms with Gasteiger partial charge in [0, 0.05) is 11.9 Å². The summed E-state index contributed by atoms with van der Waals surface area (Å²) in [4.78, 5) is 11.9. The van der Waals surface area contributed by atoms with Crippen LogP contribution in [0.4, 0.5) is 14.9 Å². The van der Waals surface area contributed by atoms with Crippen molar-refractivity contribution in [2.75, 3.05) is 5.32 Å². The van der Waals surface area contributed by atoms with E-state index in [1.165, 1.54) is 12.1 Å². The van der Waals surface area contributed by atoms with E-state index in [9.17, 15) is 9.18 Å². The highest BCUT2D eigenvalue weighted by Gasteiger charge is 2.08. The molecule has 0 bridgehead atoms. The average Bonchev–Trinajstić information content (AvgIpc) is 2.92. The van der Waals surface area contributed by atoms with Crippen LogP contribution in [0, 0.1) is 12.7 Å². The zero-order valence-electron chi connectivity index (χ0n) is 11.9. The monoisotopic (exact) mass is 299 g/mol. The summed E-state index contributed by atoms with van der Waals surface area (Å²) in [5.74, 6) is 0.214. The lowest BCUT2D eigenvalue weighted by Crippen LogP contribution is -2.29. The maximum Gasteiger partial charge on any atom is 0.319 e. The van der Waals surface area contributed by atoms with E-state index < -0.39 is 11.8 Å². The van der Waals surface area contributed by atoms with Crippen molar-refractivity contribution in [1.29, 1.82) is 0 Å². The van der Waals surface area contributed by atoms with E-state index in [1.54, 1.807) is 17.4 Å². The van der Waals surface area contributed by atoms with Gasteiger partial charge in [-0.15, -0.1) is 10.2 Å². The van der Waals surface area contributed by atoms with Crippen molar-refractivity contribution < 1.29 is 9.18 Å². The Kier molecular flexibility index (Phi) is 3.69. The number of hydrogen-bond donors (Lipinski definition) is 2. The number of fused-ring (bicyclic) bond motifs is 1. The fourth-order valence-electron chi connectivity index (χ4n) is 2.07. The number of anilines is 1. The van der Waals surface area contributed by atoms with Gasteiger partial charge in [0.1, 0.15) is 5.82 Å². The van der Waals surface area contributed by atoms with Gasteiger partial charge in [0.05, 0.1) is 6.54 Å². The van der Waals surface area contributed by atoms with Crippen LogP contribution in [-0.2, 0) is 6.54 Å². The minimum atomic E-state index is -0.429. The van der Waals surface area contributed by atoms with E-state index in [-0.39, 0.29) is 6.54 Å². The molecule has 0 spiro atoms. The first-order valence-electron chi connectivity index (χ1n) is 6.73. The predicted molar refractivity (Wildman–Crippen MR) is 80.0 cm³/mol. The summed E-state index contributed by atoms with van der Waals surface area (Å²) in [5.41, 5.74) is 1.92. The second-order valence-corrected chi connectivity index (χ2v) is 4.81. The lowest BCUT2D eigenvalue weighted by molar-refractivity contribution is 0.251. The number of urea groups is 1. The Bertz CT molecular complexity index is 830. The number of carbonyl (C=O) groups is 1. The fourth-order valence-corrected chi connectivity index (χ4v) is 2.07. The van der Waals surface area contributed by atoms with E-state index >= 15 is 0 Å². The van der Waals surface area contributed by atoms with Crippen LogP contribution in [0.3, 0.4) is 0 Å². The number of nitrogens with one attached hydrogen (secondary N) is 2. The Morgan fingerprint density at radius 2 is 2.14 bits per heavy atom. The summed E-state index contributed by atoms with van der Waals surface area (Å²) in [7, 11) is 0. The zero-order valence-corrected chi connectivity index (χ0v) is 11.9. The lowest BCUT2D eigenvalue weighted by Gasteiger charge is -2.09. The molecule has 0 aliphatic heterocycles. The maximum absolute atomic E-state index is 13.2. The molecule has 22 heavy (non-hydrogen) atoms. The molecule has 7 heteroatoms. The number of amides is 2. The van der Waals surface area contributed by atoms with Gasteiger partial charge in [-0.1, -0.05) is 12.1 Å². The topological polar surface area (TPSA) is 71.3 Å². The second-order valence-electron chi connectivity index (χ2n) is 4.81. The average molecular weight is 299 g/mol. The molecule has 0 aliphatic rings. The minimum Gasteiger partial charge on any atom is -0.331 e. The minimum absolute atomic E-state index is 0.214. The number of carbonyl (C=O) groups excluding carboxylic acids is 1. The van der Waals surface area contributed by atoms with Gasteiger partial charge in [-0.25, -0.2) is 9.18 Å². The predicted octanol–water partition coefficient (Wildman–Crippen LogP) is 2.50. The van der Waals surface area contributed by atoms with Crippen molar-refractivity contribution >= 4 is 17.4 Å². The first-order valence-corrected chi connectivity index (χ1v) is 6.73. The summed E-state index contributed by atoms with van der Waals surface area (Å²) >= 11 is 0. The Morgan fingerprint density at radius 1 is 1.27 bits per heavy atom. The molecule has 2 heterocycles. The lowest BCUT2D eigenvalue weighted by atomic mass is 10.2. The number of nitrogens with zero attached hydrogens (tertiary/aromatic N) is 3. The van der Waals surface area contributed by atoms with Gasteiger partial charge >= 0.3 is 6.03 Å². The van der Waals surface area contributed by atoms with Gasteiger partial charge in [-0.05, 0) is 36.8 Å². The van der Waals surface area contributed by atoms with Crippen molar-refractivity contribution in [3.63, 3.8) is 0 Å². The first-order chi connectivity index (χ1) is 10.6. The quantitative estimate of drug-likeness (QED) is 0.780. The second kappa shape index (κ2) is 5.80. The fraction of sp³-hybridized carbons (Fsp3) is 0.133. The van der Waals surface area contributed by atoms with Crippen molar-refractivity contribution in [3.05, 3.63) is 59.8 Å². The summed E-state index contributed by atoms with van der Waals surface area (Å²) < 4.78 is 15.0. The zero-order chi connectivity index (χ0) is 15.5. The molecule has 0 unspecified atom stereocenters. The van der Waals surface area contributed by atoms with Crippen molar-refractivity contribution in [1.82, 2.24) is 19.9 Å². The molecule has 0 atom stereocenters. The SMILES string of the molecule is Cc1ccc(F)cc1NC(=O)NCc1nnc2ccccn12.